The molecular weight excluding hydrogens is 577 g/mol. The van der Waals surface area contributed by atoms with E-state index in [9.17, 15) is 0 Å². The molecule has 0 heterocycles. The molecule has 0 spiro atoms. The second-order valence-corrected chi connectivity index (χ2v) is 12.9. The van der Waals surface area contributed by atoms with E-state index in [0.717, 1.165) is 0 Å². The molecule has 48 heavy (non-hydrogen) atoms. The van der Waals surface area contributed by atoms with Gasteiger partial charge in [-0.05, 0) is 122 Å². The predicted octanol–water partition coefficient (Wildman–Crippen LogP) is 13.6. The van der Waals surface area contributed by atoms with Crippen LogP contribution in [-0.4, -0.2) is 0 Å². The Hall–Kier alpha value is -6.24. The first-order valence-electron chi connectivity index (χ1n) is 16.7. The normalized spacial score (nSPS) is 11.8. The lowest BCUT2D eigenvalue weighted by molar-refractivity contribution is 1.60. The summed E-state index contributed by atoms with van der Waals surface area (Å²) in [4.78, 5) is 0. The maximum absolute atomic E-state index is 2.38. The summed E-state index contributed by atoms with van der Waals surface area (Å²) in [6.07, 6.45) is 0. The fraction of sp³-hybridized carbons (Fsp3) is 0. The van der Waals surface area contributed by atoms with Crippen molar-refractivity contribution in [3.8, 4) is 33.4 Å². The van der Waals surface area contributed by atoms with Crippen molar-refractivity contribution in [3.63, 3.8) is 0 Å². The molecule has 0 heteroatoms. The van der Waals surface area contributed by atoms with Crippen molar-refractivity contribution >= 4 is 64.6 Å². The van der Waals surface area contributed by atoms with E-state index in [1.165, 1.54) is 98.0 Å². The van der Waals surface area contributed by atoms with E-state index in [1.54, 1.807) is 0 Å². The molecule has 10 rings (SSSR count). The lowest BCUT2D eigenvalue weighted by Gasteiger charge is -2.15. The summed E-state index contributed by atoms with van der Waals surface area (Å²) in [6.45, 7) is 0. The predicted molar refractivity (Wildman–Crippen MR) is 208 cm³/mol. The number of fused-ring (bicyclic) bond motifs is 10. The van der Waals surface area contributed by atoms with Crippen LogP contribution in [0.5, 0.6) is 0 Å². The highest BCUT2D eigenvalue weighted by molar-refractivity contribution is 6.25. The van der Waals surface area contributed by atoms with Crippen LogP contribution in [0.3, 0.4) is 0 Å². The van der Waals surface area contributed by atoms with Crippen molar-refractivity contribution in [2.24, 2.45) is 0 Å². The standard InChI is InChI=1S/C48H30/c1-4-18-39-31(11-1)23-24-38-30-45(42-21-7-8-22-43(42)47(38)39)35-16-9-14-33(27-35)34-15-10-17-36(28-34)46-29-37-13-3-6-20-41(37)48-40-19-5-2-12-32(40)25-26-44(46)48/h1-30H. The van der Waals surface area contributed by atoms with E-state index < -0.39 is 0 Å². The van der Waals surface area contributed by atoms with Gasteiger partial charge in [-0.15, -0.1) is 0 Å². The SMILES string of the molecule is c1cc(-c2cccc(-c3cc4ccccc4c4c3ccc3ccccc34)c2)cc(-c2cc3ccc4ccccc4c3c3ccccc23)c1. The summed E-state index contributed by atoms with van der Waals surface area (Å²) in [5.74, 6) is 0. The molecule has 0 amide bonds. The topological polar surface area (TPSA) is 0 Å². The van der Waals surface area contributed by atoms with Crippen molar-refractivity contribution in [1.29, 1.82) is 0 Å². The molecule has 0 saturated carbocycles. The van der Waals surface area contributed by atoms with Crippen molar-refractivity contribution in [1.82, 2.24) is 0 Å². The minimum absolute atomic E-state index is 1.22. The molecule has 0 aliphatic heterocycles. The van der Waals surface area contributed by atoms with Gasteiger partial charge in [0.2, 0.25) is 0 Å². The maximum atomic E-state index is 2.38. The van der Waals surface area contributed by atoms with Crippen LogP contribution in [0.4, 0.5) is 0 Å². The smallest absolute Gasteiger partial charge is 0.00206 e. The van der Waals surface area contributed by atoms with Gasteiger partial charge < -0.3 is 0 Å². The van der Waals surface area contributed by atoms with Crippen molar-refractivity contribution in [2.45, 2.75) is 0 Å². The molecule has 0 nitrogen and oxygen atoms in total. The van der Waals surface area contributed by atoms with Gasteiger partial charge in [-0.1, -0.05) is 158 Å². The second-order valence-electron chi connectivity index (χ2n) is 12.9. The molecule has 222 valence electrons. The van der Waals surface area contributed by atoms with E-state index >= 15 is 0 Å². The zero-order chi connectivity index (χ0) is 31.6. The zero-order valence-corrected chi connectivity index (χ0v) is 26.3. The van der Waals surface area contributed by atoms with Gasteiger partial charge in [-0.25, -0.2) is 0 Å². The molecule has 10 aromatic carbocycles. The minimum Gasteiger partial charge on any atom is -0.0616 e. The van der Waals surface area contributed by atoms with Crippen LogP contribution < -0.4 is 0 Å². The Morgan fingerprint density at radius 2 is 0.646 bits per heavy atom. The maximum Gasteiger partial charge on any atom is -0.00206 e. The van der Waals surface area contributed by atoms with Gasteiger partial charge in [0.15, 0.2) is 0 Å². The van der Waals surface area contributed by atoms with Gasteiger partial charge in [0.25, 0.3) is 0 Å². The highest BCUT2D eigenvalue weighted by Gasteiger charge is 2.14. The zero-order valence-electron chi connectivity index (χ0n) is 26.3. The average Bonchev–Trinajstić information content (AvgIpc) is 3.17. The average molecular weight is 607 g/mol. The summed E-state index contributed by atoms with van der Waals surface area (Å²) in [5.41, 5.74) is 7.41. The number of rotatable bonds is 3. The van der Waals surface area contributed by atoms with Crippen LogP contribution in [0.15, 0.2) is 182 Å². The third-order valence-corrected chi connectivity index (χ3v) is 10.2. The molecule has 0 aliphatic rings. The fourth-order valence-electron chi connectivity index (χ4n) is 7.96. The highest BCUT2D eigenvalue weighted by Crippen LogP contribution is 2.42. The first-order valence-corrected chi connectivity index (χ1v) is 16.7. The third-order valence-electron chi connectivity index (χ3n) is 10.2. The molecule has 0 atom stereocenters. The molecule has 0 N–H and O–H groups in total. The molecule has 10 aromatic rings. The molecule has 0 saturated heterocycles. The Morgan fingerprint density at radius 1 is 0.208 bits per heavy atom. The monoisotopic (exact) mass is 606 g/mol. The van der Waals surface area contributed by atoms with Crippen LogP contribution in [-0.2, 0) is 0 Å². The fourth-order valence-corrected chi connectivity index (χ4v) is 7.96. The summed E-state index contributed by atoms with van der Waals surface area (Å²) in [7, 11) is 0. The molecule has 0 unspecified atom stereocenters. The van der Waals surface area contributed by atoms with Crippen LogP contribution in [0, 0.1) is 0 Å². The molecular formula is C48H30. The van der Waals surface area contributed by atoms with Crippen LogP contribution >= 0.6 is 0 Å². The summed E-state index contributed by atoms with van der Waals surface area (Å²) < 4.78 is 0. The Kier molecular flexibility index (Phi) is 5.98. The van der Waals surface area contributed by atoms with Gasteiger partial charge in [-0.3, -0.25) is 0 Å². The quantitative estimate of drug-likeness (QED) is 0.176. The van der Waals surface area contributed by atoms with Gasteiger partial charge in [-0.2, -0.15) is 0 Å². The Balaban J connectivity index is 1.15. The van der Waals surface area contributed by atoms with Crippen LogP contribution in [0.25, 0.3) is 98.0 Å². The largest absolute Gasteiger partial charge is 0.0616 e. The number of hydrogen-bond acceptors (Lipinski definition) is 0. The van der Waals surface area contributed by atoms with E-state index in [2.05, 4.69) is 182 Å². The van der Waals surface area contributed by atoms with Gasteiger partial charge in [0, 0.05) is 0 Å². The first-order chi connectivity index (χ1) is 23.8. The minimum atomic E-state index is 1.22. The van der Waals surface area contributed by atoms with E-state index in [0.29, 0.717) is 0 Å². The van der Waals surface area contributed by atoms with Crippen molar-refractivity contribution in [2.75, 3.05) is 0 Å². The lowest BCUT2D eigenvalue weighted by atomic mass is 9.88. The Morgan fingerprint density at radius 3 is 1.31 bits per heavy atom. The second kappa shape index (κ2) is 10.7. The summed E-state index contributed by atoms with van der Waals surface area (Å²) >= 11 is 0. The van der Waals surface area contributed by atoms with Gasteiger partial charge in [0.05, 0.1) is 0 Å². The van der Waals surface area contributed by atoms with Gasteiger partial charge in [0.1, 0.15) is 0 Å². The van der Waals surface area contributed by atoms with E-state index in [-0.39, 0.29) is 0 Å². The van der Waals surface area contributed by atoms with E-state index in [1.807, 2.05) is 0 Å². The van der Waals surface area contributed by atoms with Crippen LogP contribution in [0.1, 0.15) is 0 Å². The Labute approximate surface area is 279 Å². The number of hydrogen-bond donors (Lipinski definition) is 0. The molecule has 0 aromatic heterocycles. The summed E-state index contributed by atoms with van der Waals surface area (Å²) in [5, 5.41) is 15.5. The molecule has 0 bridgehead atoms. The lowest BCUT2D eigenvalue weighted by Crippen LogP contribution is -1.88. The van der Waals surface area contributed by atoms with E-state index in [4.69, 9.17) is 0 Å². The number of benzene rings is 10. The third kappa shape index (κ3) is 4.16. The molecule has 0 fully saturated rings. The molecule has 0 radical (unpaired) electrons. The Bertz CT molecular complexity index is 2870. The summed E-state index contributed by atoms with van der Waals surface area (Å²) in [6, 6.07) is 67.1. The van der Waals surface area contributed by atoms with Crippen molar-refractivity contribution in [3.05, 3.63) is 182 Å². The van der Waals surface area contributed by atoms with Crippen molar-refractivity contribution < 1.29 is 0 Å². The highest BCUT2D eigenvalue weighted by atomic mass is 14.2. The van der Waals surface area contributed by atoms with Crippen LogP contribution in [0.2, 0.25) is 0 Å². The molecule has 0 aliphatic carbocycles. The first kappa shape index (κ1) is 26.9. The van der Waals surface area contributed by atoms with Gasteiger partial charge >= 0.3 is 0 Å².